The predicted molar refractivity (Wildman–Crippen MR) is 66.2 cm³/mol. The van der Waals surface area contributed by atoms with E-state index in [0.717, 1.165) is 24.5 Å². The van der Waals surface area contributed by atoms with Crippen LogP contribution in [0.15, 0.2) is 0 Å². The molecule has 0 aromatic rings. The van der Waals surface area contributed by atoms with E-state index in [1.807, 2.05) is 0 Å². The molecule has 2 unspecified atom stereocenters. The van der Waals surface area contributed by atoms with Crippen LogP contribution in [0.1, 0.15) is 45.4 Å². The van der Waals surface area contributed by atoms with Crippen LogP contribution in [0.4, 0.5) is 0 Å². The van der Waals surface area contributed by atoms with Gasteiger partial charge >= 0.3 is 0 Å². The summed E-state index contributed by atoms with van der Waals surface area (Å²) >= 11 is 1.78. The standard InChI is InChI=1S/C12H24O2S/c1-10(6-7-13)15-9-12(14)8-11-4-2-3-5-11/h10-14H,2-9H2,1H3. The Labute approximate surface area is 97.5 Å². The van der Waals surface area contributed by atoms with E-state index in [1.54, 1.807) is 11.8 Å². The lowest BCUT2D eigenvalue weighted by molar-refractivity contribution is 0.165. The van der Waals surface area contributed by atoms with E-state index >= 15 is 0 Å². The fourth-order valence-electron chi connectivity index (χ4n) is 2.24. The maximum atomic E-state index is 9.84. The van der Waals surface area contributed by atoms with Crippen molar-refractivity contribution in [2.75, 3.05) is 12.4 Å². The third-order valence-corrected chi connectivity index (χ3v) is 4.57. The first-order valence-corrected chi connectivity index (χ1v) is 7.17. The quantitative estimate of drug-likeness (QED) is 0.708. The van der Waals surface area contributed by atoms with Crippen LogP contribution in [-0.2, 0) is 0 Å². The summed E-state index contributed by atoms with van der Waals surface area (Å²) < 4.78 is 0. The smallest absolute Gasteiger partial charge is 0.0633 e. The van der Waals surface area contributed by atoms with E-state index in [4.69, 9.17) is 5.11 Å². The van der Waals surface area contributed by atoms with E-state index in [0.29, 0.717) is 5.25 Å². The van der Waals surface area contributed by atoms with Crippen LogP contribution in [0, 0.1) is 5.92 Å². The highest BCUT2D eigenvalue weighted by Gasteiger charge is 2.19. The van der Waals surface area contributed by atoms with Crippen molar-refractivity contribution >= 4 is 11.8 Å². The Morgan fingerprint density at radius 3 is 2.60 bits per heavy atom. The van der Waals surface area contributed by atoms with Gasteiger partial charge in [0.05, 0.1) is 6.10 Å². The van der Waals surface area contributed by atoms with Crippen molar-refractivity contribution in [1.82, 2.24) is 0 Å². The molecule has 0 spiro atoms. The molecule has 1 aliphatic carbocycles. The second-order valence-corrected chi connectivity index (χ2v) is 6.17. The fraction of sp³-hybridized carbons (Fsp3) is 1.00. The number of thioether (sulfide) groups is 1. The first-order chi connectivity index (χ1) is 7.22. The van der Waals surface area contributed by atoms with Gasteiger partial charge in [-0.05, 0) is 18.8 Å². The first kappa shape index (κ1) is 13.3. The Hall–Kier alpha value is 0.270. The van der Waals surface area contributed by atoms with E-state index in [9.17, 15) is 5.11 Å². The third kappa shape index (κ3) is 5.79. The van der Waals surface area contributed by atoms with Gasteiger partial charge in [-0.15, -0.1) is 0 Å². The minimum Gasteiger partial charge on any atom is -0.396 e. The Morgan fingerprint density at radius 1 is 1.33 bits per heavy atom. The predicted octanol–water partition coefficient (Wildman–Crippen LogP) is 2.43. The Bertz CT molecular complexity index is 158. The molecule has 0 saturated heterocycles. The lowest BCUT2D eigenvalue weighted by atomic mass is 10.0. The van der Waals surface area contributed by atoms with Crippen molar-refractivity contribution in [1.29, 1.82) is 0 Å². The Balaban J connectivity index is 2.04. The Kier molecular flexibility index (Phi) is 6.69. The van der Waals surface area contributed by atoms with E-state index in [2.05, 4.69) is 6.92 Å². The summed E-state index contributed by atoms with van der Waals surface area (Å²) in [4.78, 5) is 0. The van der Waals surface area contributed by atoms with E-state index in [-0.39, 0.29) is 12.7 Å². The van der Waals surface area contributed by atoms with Crippen LogP contribution in [0.2, 0.25) is 0 Å². The van der Waals surface area contributed by atoms with Gasteiger partial charge in [0.25, 0.3) is 0 Å². The summed E-state index contributed by atoms with van der Waals surface area (Å²) in [5.74, 6) is 1.60. The topological polar surface area (TPSA) is 40.5 Å². The number of hydrogen-bond acceptors (Lipinski definition) is 3. The molecule has 2 nitrogen and oxygen atoms in total. The normalized spacial score (nSPS) is 21.8. The van der Waals surface area contributed by atoms with Crippen molar-refractivity contribution in [2.45, 2.75) is 56.8 Å². The lowest BCUT2D eigenvalue weighted by Crippen LogP contribution is -2.16. The van der Waals surface area contributed by atoms with Gasteiger partial charge in [0, 0.05) is 17.6 Å². The van der Waals surface area contributed by atoms with Gasteiger partial charge in [-0.2, -0.15) is 11.8 Å². The molecule has 3 heteroatoms. The molecule has 90 valence electrons. The molecule has 2 N–H and O–H groups in total. The van der Waals surface area contributed by atoms with Crippen LogP contribution in [0.5, 0.6) is 0 Å². The first-order valence-electron chi connectivity index (χ1n) is 6.13. The van der Waals surface area contributed by atoms with Crippen LogP contribution in [-0.4, -0.2) is 33.9 Å². The van der Waals surface area contributed by atoms with E-state index < -0.39 is 0 Å². The Morgan fingerprint density at radius 2 is 2.00 bits per heavy atom. The van der Waals surface area contributed by atoms with Gasteiger partial charge in [-0.25, -0.2) is 0 Å². The van der Waals surface area contributed by atoms with Crippen molar-refractivity contribution in [3.8, 4) is 0 Å². The van der Waals surface area contributed by atoms with Crippen molar-refractivity contribution in [3.63, 3.8) is 0 Å². The molecule has 0 bridgehead atoms. The second kappa shape index (κ2) is 7.53. The van der Waals surface area contributed by atoms with Gasteiger partial charge < -0.3 is 10.2 Å². The van der Waals surface area contributed by atoms with Gasteiger partial charge in [0.1, 0.15) is 0 Å². The van der Waals surface area contributed by atoms with Gasteiger partial charge in [0.15, 0.2) is 0 Å². The minimum absolute atomic E-state index is 0.140. The average molecular weight is 232 g/mol. The monoisotopic (exact) mass is 232 g/mol. The van der Waals surface area contributed by atoms with Gasteiger partial charge in [-0.3, -0.25) is 0 Å². The van der Waals surface area contributed by atoms with Gasteiger partial charge in [0.2, 0.25) is 0 Å². The fourth-order valence-corrected chi connectivity index (χ4v) is 3.20. The molecule has 0 radical (unpaired) electrons. The minimum atomic E-state index is -0.140. The molecule has 15 heavy (non-hydrogen) atoms. The molecule has 0 heterocycles. The lowest BCUT2D eigenvalue weighted by Gasteiger charge is -2.17. The molecule has 2 atom stereocenters. The molecule has 0 aromatic carbocycles. The van der Waals surface area contributed by atoms with Crippen molar-refractivity contribution in [2.24, 2.45) is 5.92 Å². The van der Waals surface area contributed by atoms with Gasteiger partial charge in [-0.1, -0.05) is 32.6 Å². The summed E-state index contributed by atoms with van der Waals surface area (Å²) in [6, 6.07) is 0. The highest BCUT2D eigenvalue weighted by molar-refractivity contribution is 7.99. The molecule has 0 aliphatic heterocycles. The highest BCUT2D eigenvalue weighted by Crippen LogP contribution is 2.29. The zero-order valence-electron chi connectivity index (χ0n) is 9.69. The number of rotatable bonds is 7. The summed E-state index contributed by atoms with van der Waals surface area (Å²) in [6.45, 7) is 2.37. The number of aliphatic hydroxyl groups is 2. The molecule has 1 saturated carbocycles. The molecular weight excluding hydrogens is 208 g/mol. The molecule has 1 rings (SSSR count). The summed E-state index contributed by atoms with van der Waals surface area (Å²) in [5, 5.41) is 19.1. The van der Waals surface area contributed by atoms with Crippen LogP contribution >= 0.6 is 11.8 Å². The van der Waals surface area contributed by atoms with Crippen molar-refractivity contribution in [3.05, 3.63) is 0 Å². The van der Waals surface area contributed by atoms with Crippen LogP contribution in [0.25, 0.3) is 0 Å². The molecule has 1 fully saturated rings. The summed E-state index contributed by atoms with van der Waals surface area (Å²) in [5.41, 5.74) is 0. The average Bonchev–Trinajstić information content (AvgIpc) is 2.68. The van der Waals surface area contributed by atoms with Crippen LogP contribution < -0.4 is 0 Å². The molecule has 0 aromatic heterocycles. The van der Waals surface area contributed by atoms with E-state index in [1.165, 1.54) is 25.7 Å². The zero-order chi connectivity index (χ0) is 11.1. The zero-order valence-corrected chi connectivity index (χ0v) is 10.5. The largest absolute Gasteiger partial charge is 0.396 e. The summed E-state index contributed by atoms with van der Waals surface area (Å²) in [7, 11) is 0. The van der Waals surface area contributed by atoms with Crippen molar-refractivity contribution < 1.29 is 10.2 Å². The molecule has 1 aliphatic rings. The highest BCUT2D eigenvalue weighted by atomic mass is 32.2. The number of aliphatic hydroxyl groups excluding tert-OH is 2. The maximum absolute atomic E-state index is 9.84. The summed E-state index contributed by atoms with van der Waals surface area (Å²) in [6.07, 6.45) is 7.01. The maximum Gasteiger partial charge on any atom is 0.0633 e. The second-order valence-electron chi connectivity index (χ2n) is 4.70. The third-order valence-electron chi connectivity index (χ3n) is 3.19. The SMILES string of the molecule is CC(CCO)SCC(O)CC1CCCC1. The molecule has 0 amide bonds. The van der Waals surface area contributed by atoms with Crippen LogP contribution in [0.3, 0.4) is 0 Å². The number of hydrogen-bond donors (Lipinski definition) is 2. The molecular formula is C12H24O2S.